The number of hydrogen-bond acceptors (Lipinski definition) is 4. The van der Waals surface area contributed by atoms with Crippen molar-refractivity contribution in [3.63, 3.8) is 0 Å². The number of halogens is 2. The van der Waals surface area contributed by atoms with E-state index in [2.05, 4.69) is 0 Å². The standard InChI is InChI=1S/C14H11ClFNO4S/c1-22(19,20)17-14(18)9-2-7-13(12(15)8-9)21-11-5-3-10(16)4-6-11/h2-8H,1H3,(H,17,18). The Morgan fingerprint density at radius 3 is 2.36 bits per heavy atom. The number of carbonyl (C=O) groups excluding carboxylic acids is 1. The molecule has 0 heterocycles. The predicted octanol–water partition coefficient (Wildman–Crippen LogP) is 2.96. The molecule has 0 spiro atoms. The zero-order valence-corrected chi connectivity index (χ0v) is 12.9. The average Bonchev–Trinajstić information content (AvgIpc) is 2.41. The Balaban J connectivity index is 2.19. The molecule has 0 aliphatic heterocycles. The molecule has 5 nitrogen and oxygen atoms in total. The van der Waals surface area contributed by atoms with Gasteiger partial charge in [-0.2, -0.15) is 0 Å². The van der Waals surface area contributed by atoms with E-state index in [4.69, 9.17) is 16.3 Å². The fourth-order valence-electron chi connectivity index (χ4n) is 1.58. The van der Waals surface area contributed by atoms with E-state index >= 15 is 0 Å². The van der Waals surface area contributed by atoms with Crippen molar-refractivity contribution >= 4 is 27.5 Å². The summed E-state index contributed by atoms with van der Waals surface area (Å²) in [6, 6.07) is 9.38. The van der Waals surface area contributed by atoms with E-state index in [0.29, 0.717) is 5.75 Å². The maximum atomic E-state index is 12.8. The van der Waals surface area contributed by atoms with E-state index in [1.165, 1.54) is 42.5 Å². The molecular formula is C14H11ClFNO4S. The van der Waals surface area contributed by atoms with Crippen molar-refractivity contribution in [3.05, 3.63) is 58.9 Å². The fourth-order valence-corrected chi connectivity index (χ4v) is 2.26. The van der Waals surface area contributed by atoms with Gasteiger partial charge in [-0.3, -0.25) is 4.79 Å². The lowest BCUT2D eigenvalue weighted by atomic mass is 10.2. The highest BCUT2D eigenvalue weighted by Crippen LogP contribution is 2.30. The van der Waals surface area contributed by atoms with Crippen LogP contribution in [-0.4, -0.2) is 20.6 Å². The van der Waals surface area contributed by atoms with Crippen molar-refractivity contribution in [1.82, 2.24) is 4.72 Å². The van der Waals surface area contributed by atoms with Crippen LogP contribution >= 0.6 is 11.6 Å². The number of nitrogens with one attached hydrogen (secondary N) is 1. The molecule has 2 rings (SSSR count). The van der Waals surface area contributed by atoms with Gasteiger partial charge in [0.15, 0.2) is 0 Å². The zero-order chi connectivity index (χ0) is 16.3. The molecule has 2 aromatic carbocycles. The second-order valence-electron chi connectivity index (χ2n) is 4.40. The number of rotatable bonds is 4. The number of sulfonamides is 1. The van der Waals surface area contributed by atoms with Crippen molar-refractivity contribution in [1.29, 1.82) is 0 Å². The molecule has 0 saturated carbocycles. The number of benzene rings is 2. The Bertz CT molecular complexity index is 806. The lowest BCUT2D eigenvalue weighted by Crippen LogP contribution is -2.29. The van der Waals surface area contributed by atoms with Gasteiger partial charge in [0, 0.05) is 5.56 Å². The zero-order valence-electron chi connectivity index (χ0n) is 11.3. The Morgan fingerprint density at radius 2 is 1.82 bits per heavy atom. The van der Waals surface area contributed by atoms with Gasteiger partial charge in [-0.15, -0.1) is 0 Å². The normalized spacial score (nSPS) is 11.0. The van der Waals surface area contributed by atoms with Crippen molar-refractivity contribution in [2.75, 3.05) is 6.26 Å². The van der Waals surface area contributed by atoms with E-state index in [1.54, 1.807) is 0 Å². The van der Waals surface area contributed by atoms with Crippen LogP contribution < -0.4 is 9.46 Å². The number of hydrogen-bond donors (Lipinski definition) is 1. The van der Waals surface area contributed by atoms with E-state index in [-0.39, 0.29) is 16.3 Å². The number of carbonyl (C=O) groups is 1. The predicted molar refractivity (Wildman–Crippen MR) is 80.2 cm³/mol. The minimum absolute atomic E-state index is 0.0712. The van der Waals surface area contributed by atoms with Gasteiger partial charge in [0.2, 0.25) is 10.0 Å². The lowest BCUT2D eigenvalue weighted by molar-refractivity contribution is 0.0981. The molecule has 0 atom stereocenters. The van der Waals surface area contributed by atoms with Gasteiger partial charge in [0.05, 0.1) is 11.3 Å². The molecule has 2 aromatic rings. The molecule has 0 saturated heterocycles. The number of amides is 1. The summed E-state index contributed by atoms with van der Waals surface area (Å²) in [5.41, 5.74) is 0.0712. The molecule has 0 bridgehead atoms. The Labute approximate surface area is 131 Å². The number of ether oxygens (including phenoxy) is 1. The second kappa shape index (κ2) is 6.33. The SMILES string of the molecule is CS(=O)(=O)NC(=O)c1ccc(Oc2ccc(F)cc2)c(Cl)c1. The van der Waals surface area contributed by atoms with Crippen LogP contribution in [0.1, 0.15) is 10.4 Å². The van der Waals surface area contributed by atoms with Crippen LogP contribution in [0.2, 0.25) is 5.02 Å². The smallest absolute Gasteiger partial charge is 0.264 e. The summed E-state index contributed by atoms with van der Waals surface area (Å²) in [6.07, 6.45) is 0.874. The first kappa shape index (κ1) is 16.3. The Morgan fingerprint density at radius 1 is 1.18 bits per heavy atom. The summed E-state index contributed by atoms with van der Waals surface area (Å²) < 4.78 is 42.1. The van der Waals surface area contributed by atoms with Crippen molar-refractivity contribution in [2.45, 2.75) is 0 Å². The topological polar surface area (TPSA) is 72.5 Å². The molecule has 1 amide bonds. The monoisotopic (exact) mass is 343 g/mol. The van der Waals surface area contributed by atoms with Crippen LogP contribution in [0, 0.1) is 5.82 Å². The van der Waals surface area contributed by atoms with E-state index in [0.717, 1.165) is 6.26 Å². The summed E-state index contributed by atoms with van der Waals surface area (Å²) in [6.45, 7) is 0. The largest absolute Gasteiger partial charge is 0.456 e. The van der Waals surface area contributed by atoms with E-state index < -0.39 is 21.7 Å². The van der Waals surface area contributed by atoms with Gasteiger partial charge in [-0.1, -0.05) is 11.6 Å². The third-order valence-corrected chi connectivity index (χ3v) is 3.37. The van der Waals surface area contributed by atoms with Crippen molar-refractivity contribution in [2.24, 2.45) is 0 Å². The third-order valence-electron chi connectivity index (χ3n) is 2.51. The van der Waals surface area contributed by atoms with Gasteiger partial charge in [-0.05, 0) is 42.5 Å². The first-order valence-corrected chi connectivity index (χ1v) is 8.26. The van der Waals surface area contributed by atoms with Crippen LogP contribution in [0.4, 0.5) is 4.39 Å². The fraction of sp³-hybridized carbons (Fsp3) is 0.0714. The molecule has 0 aliphatic rings. The highest BCUT2D eigenvalue weighted by Gasteiger charge is 2.13. The summed E-state index contributed by atoms with van der Waals surface area (Å²) in [5.74, 6) is -0.565. The average molecular weight is 344 g/mol. The lowest BCUT2D eigenvalue weighted by Gasteiger charge is -2.09. The minimum atomic E-state index is -3.66. The maximum Gasteiger partial charge on any atom is 0.264 e. The Hall–Kier alpha value is -2.12. The van der Waals surface area contributed by atoms with Gasteiger partial charge < -0.3 is 4.74 Å². The van der Waals surface area contributed by atoms with Gasteiger partial charge >= 0.3 is 0 Å². The third kappa shape index (κ3) is 4.44. The van der Waals surface area contributed by atoms with Gasteiger partial charge in [0.1, 0.15) is 17.3 Å². The summed E-state index contributed by atoms with van der Waals surface area (Å²) >= 11 is 6.00. The molecule has 116 valence electrons. The summed E-state index contributed by atoms with van der Waals surface area (Å²) in [7, 11) is -3.66. The van der Waals surface area contributed by atoms with Gasteiger partial charge in [0.25, 0.3) is 5.91 Å². The molecular weight excluding hydrogens is 333 g/mol. The molecule has 0 radical (unpaired) electrons. The van der Waals surface area contributed by atoms with Crippen LogP contribution in [0.3, 0.4) is 0 Å². The molecule has 0 aromatic heterocycles. The minimum Gasteiger partial charge on any atom is -0.456 e. The summed E-state index contributed by atoms with van der Waals surface area (Å²) in [5, 5.41) is 0.116. The quantitative estimate of drug-likeness (QED) is 0.926. The van der Waals surface area contributed by atoms with Crippen molar-refractivity contribution in [3.8, 4) is 11.5 Å². The van der Waals surface area contributed by atoms with E-state index in [1.807, 2.05) is 4.72 Å². The molecule has 0 aliphatic carbocycles. The second-order valence-corrected chi connectivity index (χ2v) is 6.56. The molecule has 8 heteroatoms. The van der Waals surface area contributed by atoms with Crippen LogP contribution in [0.25, 0.3) is 0 Å². The molecule has 22 heavy (non-hydrogen) atoms. The first-order chi connectivity index (χ1) is 10.2. The Kier molecular flexibility index (Phi) is 4.68. The molecule has 1 N–H and O–H groups in total. The van der Waals surface area contributed by atoms with E-state index in [9.17, 15) is 17.6 Å². The van der Waals surface area contributed by atoms with Crippen molar-refractivity contribution < 1.29 is 22.3 Å². The summed E-state index contributed by atoms with van der Waals surface area (Å²) in [4.78, 5) is 11.7. The first-order valence-electron chi connectivity index (χ1n) is 6.00. The highest BCUT2D eigenvalue weighted by atomic mass is 35.5. The highest BCUT2D eigenvalue weighted by molar-refractivity contribution is 7.89. The molecule has 0 fully saturated rings. The maximum absolute atomic E-state index is 12.8. The molecule has 0 unspecified atom stereocenters. The van der Waals surface area contributed by atoms with Crippen LogP contribution in [-0.2, 0) is 10.0 Å². The van der Waals surface area contributed by atoms with Crippen LogP contribution in [0.15, 0.2) is 42.5 Å². The van der Waals surface area contributed by atoms with Crippen LogP contribution in [0.5, 0.6) is 11.5 Å². The van der Waals surface area contributed by atoms with Gasteiger partial charge in [-0.25, -0.2) is 17.5 Å².